The van der Waals surface area contributed by atoms with Crippen LogP contribution in [-0.4, -0.2) is 62.0 Å². The zero-order chi connectivity index (χ0) is 18.4. The van der Waals surface area contributed by atoms with Gasteiger partial charge < -0.3 is 19.3 Å². The number of piperazine rings is 1. The van der Waals surface area contributed by atoms with Crippen molar-refractivity contribution < 1.29 is 19.1 Å². The quantitative estimate of drug-likeness (QED) is 0.768. The number of allylic oxidation sites excluding steroid dienone is 1. The fourth-order valence-corrected chi connectivity index (χ4v) is 2.98. The molecule has 2 rings (SSSR count). The molecule has 6 nitrogen and oxygen atoms in total. The summed E-state index contributed by atoms with van der Waals surface area (Å²) >= 11 is 0. The van der Waals surface area contributed by atoms with E-state index in [9.17, 15) is 9.59 Å². The van der Waals surface area contributed by atoms with Crippen molar-refractivity contribution in [3.63, 3.8) is 0 Å². The van der Waals surface area contributed by atoms with Crippen LogP contribution in [0, 0.1) is 0 Å². The molecule has 0 bridgehead atoms. The minimum atomic E-state index is -0.108. The van der Waals surface area contributed by atoms with Crippen molar-refractivity contribution in [2.45, 2.75) is 20.3 Å². The van der Waals surface area contributed by atoms with Gasteiger partial charge in [0.1, 0.15) is 0 Å². The van der Waals surface area contributed by atoms with Crippen LogP contribution < -0.4 is 9.47 Å². The van der Waals surface area contributed by atoms with Crippen LogP contribution >= 0.6 is 0 Å². The molecule has 0 unspecified atom stereocenters. The maximum atomic E-state index is 12.8. The second kappa shape index (κ2) is 8.55. The Hall–Kier alpha value is -2.50. The molecule has 0 aliphatic carbocycles. The summed E-state index contributed by atoms with van der Waals surface area (Å²) in [6.45, 7) is 5.92. The lowest BCUT2D eigenvalue weighted by Gasteiger charge is -2.35. The summed E-state index contributed by atoms with van der Waals surface area (Å²) in [6, 6.07) is 5.26. The van der Waals surface area contributed by atoms with Crippen molar-refractivity contribution in [2.24, 2.45) is 0 Å². The fourth-order valence-electron chi connectivity index (χ4n) is 2.98. The molecular weight excluding hydrogens is 320 g/mol. The zero-order valence-corrected chi connectivity index (χ0v) is 15.4. The Morgan fingerprint density at radius 2 is 1.72 bits per heavy atom. The van der Waals surface area contributed by atoms with Crippen LogP contribution in [0.25, 0.3) is 0 Å². The second-order valence-electron chi connectivity index (χ2n) is 5.92. The third kappa shape index (κ3) is 4.13. The van der Waals surface area contributed by atoms with Crippen molar-refractivity contribution in [3.05, 3.63) is 35.4 Å². The Labute approximate surface area is 149 Å². The SMILES string of the molecule is CC/C=C(\C)C(=O)N1CCN(C(=O)c2cccc(OC)c2OC)CC1. The first-order valence-electron chi connectivity index (χ1n) is 8.49. The topological polar surface area (TPSA) is 59.1 Å². The van der Waals surface area contributed by atoms with Crippen molar-refractivity contribution in [3.8, 4) is 11.5 Å². The molecule has 1 fully saturated rings. The highest BCUT2D eigenvalue weighted by Crippen LogP contribution is 2.31. The minimum absolute atomic E-state index is 0.0490. The minimum Gasteiger partial charge on any atom is -0.493 e. The van der Waals surface area contributed by atoms with E-state index in [1.165, 1.54) is 7.11 Å². The third-order valence-electron chi connectivity index (χ3n) is 4.34. The Morgan fingerprint density at radius 3 is 2.28 bits per heavy atom. The number of hydrogen-bond donors (Lipinski definition) is 0. The van der Waals surface area contributed by atoms with Gasteiger partial charge in [0.05, 0.1) is 19.8 Å². The van der Waals surface area contributed by atoms with Gasteiger partial charge in [0.25, 0.3) is 5.91 Å². The second-order valence-corrected chi connectivity index (χ2v) is 5.92. The molecule has 1 aromatic carbocycles. The van der Waals surface area contributed by atoms with Crippen LogP contribution in [0.1, 0.15) is 30.6 Å². The number of methoxy groups -OCH3 is 2. The van der Waals surface area contributed by atoms with Crippen molar-refractivity contribution in [1.29, 1.82) is 0 Å². The van der Waals surface area contributed by atoms with Crippen molar-refractivity contribution >= 4 is 11.8 Å². The number of rotatable bonds is 5. The molecule has 1 aliphatic heterocycles. The van der Waals surface area contributed by atoms with Gasteiger partial charge in [-0.15, -0.1) is 0 Å². The third-order valence-corrected chi connectivity index (χ3v) is 4.34. The number of carbonyl (C=O) groups excluding carboxylic acids is 2. The van der Waals surface area contributed by atoms with Gasteiger partial charge in [-0.1, -0.05) is 19.1 Å². The summed E-state index contributed by atoms with van der Waals surface area (Å²) in [5.74, 6) is 0.911. The zero-order valence-electron chi connectivity index (χ0n) is 15.4. The van der Waals surface area contributed by atoms with Crippen LogP contribution in [0.3, 0.4) is 0 Å². The largest absolute Gasteiger partial charge is 0.493 e. The Kier molecular flexibility index (Phi) is 6.44. The average molecular weight is 346 g/mol. The van der Waals surface area contributed by atoms with E-state index in [4.69, 9.17) is 9.47 Å². The highest BCUT2D eigenvalue weighted by atomic mass is 16.5. The predicted molar refractivity (Wildman–Crippen MR) is 96.1 cm³/mol. The summed E-state index contributed by atoms with van der Waals surface area (Å²) in [4.78, 5) is 28.7. The van der Waals surface area contributed by atoms with E-state index in [-0.39, 0.29) is 11.8 Å². The summed E-state index contributed by atoms with van der Waals surface area (Å²) in [5, 5.41) is 0. The van der Waals surface area contributed by atoms with Gasteiger partial charge in [0.2, 0.25) is 5.91 Å². The van der Waals surface area contributed by atoms with E-state index < -0.39 is 0 Å². The molecular formula is C19H26N2O4. The van der Waals surface area contributed by atoms with E-state index in [1.807, 2.05) is 19.9 Å². The normalized spacial score (nSPS) is 15.1. The number of para-hydroxylation sites is 1. The summed E-state index contributed by atoms with van der Waals surface area (Å²) in [5.41, 5.74) is 1.24. The summed E-state index contributed by atoms with van der Waals surface area (Å²) < 4.78 is 10.6. The number of nitrogens with zero attached hydrogens (tertiary/aromatic N) is 2. The molecule has 136 valence electrons. The molecule has 0 aromatic heterocycles. The van der Waals surface area contributed by atoms with E-state index >= 15 is 0 Å². The van der Waals surface area contributed by atoms with Gasteiger partial charge in [0, 0.05) is 31.8 Å². The molecule has 0 saturated carbocycles. The van der Waals surface area contributed by atoms with Crippen LogP contribution in [0.5, 0.6) is 11.5 Å². The molecule has 0 radical (unpaired) electrons. The van der Waals surface area contributed by atoms with E-state index in [1.54, 1.807) is 35.1 Å². The average Bonchev–Trinajstić information content (AvgIpc) is 2.66. The Balaban J connectivity index is 2.07. The van der Waals surface area contributed by atoms with Gasteiger partial charge in [-0.3, -0.25) is 9.59 Å². The van der Waals surface area contributed by atoms with Crippen LogP contribution in [-0.2, 0) is 4.79 Å². The van der Waals surface area contributed by atoms with Crippen molar-refractivity contribution in [2.75, 3.05) is 40.4 Å². The number of benzene rings is 1. The summed E-state index contributed by atoms with van der Waals surface area (Å²) in [6.07, 6.45) is 2.77. The molecule has 6 heteroatoms. The monoisotopic (exact) mass is 346 g/mol. The van der Waals surface area contributed by atoms with Gasteiger partial charge in [0.15, 0.2) is 11.5 Å². The first-order chi connectivity index (χ1) is 12.0. The first-order valence-corrected chi connectivity index (χ1v) is 8.49. The number of carbonyl (C=O) groups is 2. The molecule has 1 aromatic rings. The van der Waals surface area contributed by atoms with Gasteiger partial charge in [-0.05, 0) is 25.5 Å². The molecule has 0 N–H and O–H groups in total. The Bertz CT molecular complexity index is 661. The number of amides is 2. The van der Waals surface area contributed by atoms with Crippen LogP contribution in [0.4, 0.5) is 0 Å². The predicted octanol–water partition coefficient (Wildman–Crippen LogP) is 2.34. The fraction of sp³-hybridized carbons (Fsp3) is 0.474. The maximum absolute atomic E-state index is 12.8. The van der Waals surface area contributed by atoms with E-state index in [2.05, 4.69) is 0 Å². The molecule has 0 spiro atoms. The van der Waals surface area contributed by atoms with E-state index in [0.29, 0.717) is 43.2 Å². The standard InChI is InChI=1S/C19H26N2O4/c1-5-7-14(2)18(22)20-10-12-21(13-11-20)19(23)15-8-6-9-16(24-3)17(15)25-4/h6-9H,5,10-13H2,1-4H3/b14-7+. The first kappa shape index (κ1) is 18.8. The Morgan fingerprint density at radius 1 is 1.08 bits per heavy atom. The molecule has 0 atom stereocenters. The van der Waals surface area contributed by atoms with Crippen molar-refractivity contribution in [1.82, 2.24) is 9.80 Å². The highest BCUT2D eigenvalue weighted by molar-refractivity contribution is 5.98. The lowest BCUT2D eigenvalue weighted by molar-refractivity contribution is -0.128. The molecule has 1 aliphatic rings. The lowest BCUT2D eigenvalue weighted by Crippen LogP contribution is -2.50. The maximum Gasteiger partial charge on any atom is 0.257 e. The van der Waals surface area contributed by atoms with Gasteiger partial charge in [-0.2, -0.15) is 0 Å². The lowest BCUT2D eigenvalue weighted by atomic mass is 10.1. The molecule has 1 heterocycles. The van der Waals surface area contributed by atoms with Gasteiger partial charge in [-0.25, -0.2) is 0 Å². The number of ether oxygens (including phenoxy) is 2. The summed E-state index contributed by atoms with van der Waals surface area (Å²) in [7, 11) is 3.07. The van der Waals surface area contributed by atoms with Gasteiger partial charge >= 0.3 is 0 Å². The number of hydrogen-bond acceptors (Lipinski definition) is 4. The molecule has 25 heavy (non-hydrogen) atoms. The van der Waals surface area contributed by atoms with E-state index in [0.717, 1.165) is 12.0 Å². The van der Waals surface area contributed by atoms with Crippen LogP contribution in [0.15, 0.2) is 29.8 Å². The smallest absolute Gasteiger partial charge is 0.257 e. The highest BCUT2D eigenvalue weighted by Gasteiger charge is 2.27. The van der Waals surface area contributed by atoms with Crippen LogP contribution in [0.2, 0.25) is 0 Å². The molecule has 2 amide bonds. The molecule has 1 saturated heterocycles.